The van der Waals surface area contributed by atoms with E-state index in [0.717, 1.165) is 12.8 Å². The van der Waals surface area contributed by atoms with Crippen LogP contribution < -0.4 is 4.90 Å². The molecule has 2 unspecified atom stereocenters. The van der Waals surface area contributed by atoms with Crippen molar-refractivity contribution in [2.24, 2.45) is 11.8 Å². The van der Waals surface area contributed by atoms with Gasteiger partial charge in [-0.2, -0.15) is 0 Å². The topological polar surface area (TPSA) is 87.1 Å². The third-order valence-corrected chi connectivity index (χ3v) is 9.44. The molecular weight excluding hydrogens is 488 g/mol. The number of nitrogens with zero attached hydrogens (tertiary/aromatic N) is 2. The molecule has 7 nitrogen and oxygen atoms in total. The number of rotatable bonds is 11. The van der Waals surface area contributed by atoms with Crippen molar-refractivity contribution in [3.8, 4) is 0 Å². The first-order chi connectivity index (χ1) is 16.9. The first-order valence-electron chi connectivity index (χ1n) is 11.9. The molecule has 35 heavy (non-hydrogen) atoms. The molecule has 0 aromatic heterocycles. The maximum atomic E-state index is 14.2. The third-order valence-electron chi connectivity index (χ3n) is 7.16. The van der Waals surface area contributed by atoms with Crippen molar-refractivity contribution in [3.63, 3.8) is 0 Å². The molecule has 188 valence electrons. The molecule has 3 saturated heterocycles. The Kier molecular flexibility index (Phi) is 7.93. The number of benzene rings is 1. The standard InChI is InChI=1S/C26H31ClN2O5S/c1-3-5-8-16-34-25(33)20-19-11-12-26(35-19)21(20)23(31)29(14-15-30)22(26)24(32)28(13-4-2)18-10-7-6-9-17(18)27/h3-4,6-7,9-10,19-22,30H,1-2,5,8,11-16H2/t19-,20+,21+,22?,26?/m1/s1. The van der Waals surface area contributed by atoms with E-state index in [-0.39, 0.29) is 49.3 Å². The van der Waals surface area contributed by atoms with Crippen LogP contribution in [0.1, 0.15) is 25.7 Å². The largest absolute Gasteiger partial charge is 0.465 e. The number of carbonyl (C=O) groups is 3. The Bertz CT molecular complexity index is 1020. The molecular formula is C26H31ClN2O5S. The van der Waals surface area contributed by atoms with E-state index in [0.29, 0.717) is 23.6 Å². The summed E-state index contributed by atoms with van der Waals surface area (Å²) in [6.07, 6.45) is 6.17. The number of ether oxygens (including phenoxy) is 1. The van der Waals surface area contributed by atoms with Gasteiger partial charge in [-0.05, 0) is 37.8 Å². The molecule has 0 saturated carbocycles. The molecule has 0 radical (unpaired) electrons. The van der Waals surface area contributed by atoms with Gasteiger partial charge < -0.3 is 19.6 Å². The molecule has 1 N–H and O–H groups in total. The van der Waals surface area contributed by atoms with Crippen molar-refractivity contribution in [3.05, 3.63) is 54.6 Å². The number of likely N-dealkylation sites (tertiary alicyclic amines) is 1. The second-order valence-electron chi connectivity index (χ2n) is 9.10. The number of hydrogen-bond acceptors (Lipinski definition) is 6. The molecule has 3 aliphatic heterocycles. The Labute approximate surface area is 215 Å². The average molecular weight is 519 g/mol. The molecule has 1 aromatic carbocycles. The van der Waals surface area contributed by atoms with E-state index in [2.05, 4.69) is 13.2 Å². The van der Waals surface area contributed by atoms with Gasteiger partial charge in [0.1, 0.15) is 6.04 Å². The fourth-order valence-electron chi connectivity index (χ4n) is 5.80. The maximum absolute atomic E-state index is 14.2. The van der Waals surface area contributed by atoms with E-state index < -0.39 is 22.6 Å². The van der Waals surface area contributed by atoms with Crippen LogP contribution in [0.2, 0.25) is 5.02 Å². The smallest absolute Gasteiger partial charge is 0.310 e. The maximum Gasteiger partial charge on any atom is 0.310 e. The number of para-hydroxylation sites is 1. The summed E-state index contributed by atoms with van der Waals surface area (Å²) in [5.41, 5.74) is 0.533. The number of anilines is 1. The number of unbranched alkanes of at least 4 members (excludes halogenated alkanes) is 1. The zero-order valence-electron chi connectivity index (χ0n) is 19.6. The molecule has 3 fully saturated rings. The summed E-state index contributed by atoms with van der Waals surface area (Å²) < 4.78 is 4.80. The number of hydrogen-bond donors (Lipinski definition) is 1. The predicted octanol–water partition coefficient (Wildman–Crippen LogP) is 3.45. The van der Waals surface area contributed by atoms with E-state index in [1.165, 1.54) is 4.90 Å². The number of aliphatic hydroxyl groups excluding tert-OH is 1. The monoisotopic (exact) mass is 518 g/mol. The van der Waals surface area contributed by atoms with Gasteiger partial charge >= 0.3 is 5.97 Å². The van der Waals surface area contributed by atoms with Crippen molar-refractivity contribution in [2.75, 3.05) is 31.2 Å². The fourth-order valence-corrected chi connectivity index (χ4v) is 8.24. The van der Waals surface area contributed by atoms with Crippen molar-refractivity contribution in [2.45, 2.75) is 41.7 Å². The molecule has 1 spiro atoms. The second kappa shape index (κ2) is 10.8. The number of esters is 1. The van der Waals surface area contributed by atoms with Crippen LogP contribution >= 0.6 is 23.4 Å². The lowest BCUT2D eigenvalue weighted by Gasteiger charge is -2.37. The van der Waals surface area contributed by atoms with Crippen LogP contribution in [0.25, 0.3) is 0 Å². The van der Waals surface area contributed by atoms with Crippen molar-refractivity contribution in [1.29, 1.82) is 0 Å². The Morgan fingerprint density at radius 1 is 1.31 bits per heavy atom. The Morgan fingerprint density at radius 2 is 2.09 bits per heavy atom. The normalized spacial score (nSPS) is 28.6. The first-order valence-corrected chi connectivity index (χ1v) is 13.2. The fraction of sp³-hybridized carbons (Fsp3) is 0.500. The van der Waals surface area contributed by atoms with Gasteiger partial charge in [0.25, 0.3) is 5.91 Å². The lowest BCUT2D eigenvalue weighted by atomic mass is 9.71. The van der Waals surface area contributed by atoms with E-state index in [1.54, 1.807) is 53.1 Å². The van der Waals surface area contributed by atoms with E-state index in [4.69, 9.17) is 16.3 Å². The Balaban J connectivity index is 1.68. The molecule has 9 heteroatoms. The summed E-state index contributed by atoms with van der Waals surface area (Å²) >= 11 is 8.00. The molecule has 4 rings (SSSR count). The van der Waals surface area contributed by atoms with Crippen LogP contribution in [0.15, 0.2) is 49.6 Å². The summed E-state index contributed by atoms with van der Waals surface area (Å²) in [7, 11) is 0. The van der Waals surface area contributed by atoms with E-state index in [1.807, 2.05) is 0 Å². The molecule has 0 aliphatic carbocycles. The number of carbonyl (C=O) groups excluding carboxylic acids is 3. The highest BCUT2D eigenvalue weighted by Crippen LogP contribution is 2.66. The van der Waals surface area contributed by atoms with Crippen LogP contribution in [0.4, 0.5) is 5.69 Å². The lowest BCUT2D eigenvalue weighted by Crippen LogP contribution is -2.55. The number of aliphatic hydroxyl groups is 1. The molecule has 3 heterocycles. The summed E-state index contributed by atoms with van der Waals surface area (Å²) in [6, 6.07) is 6.23. The van der Waals surface area contributed by atoms with Gasteiger partial charge in [0.05, 0.1) is 40.5 Å². The van der Waals surface area contributed by atoms with Gasteiger partial charge in [0, 0.05) is 18.3 Å². The van der Waals surface area contributed by atoms with Gasteiger partial charge in [0.15, 0.2) is 0 Å². The summed E-state index contributed by atoms with van der Waals surface area (Å²) in [4.78, 5) is 44.0. The summed E-state index contributed by atoms with van der Waals surface area (Å²) in [5.74, 6) is -2.18. The van der Waals surface area contributed by atoms with Crippen LogP contribution in [-0.2, 0) is 19.1 Å². The number of allylic oxidation sites excluding steroid dienone is 1. The van der Waals surface area contributed by atoms with Crippen molar-refractivity contribution < 1.29 is 24.2 Å². The summed E-state index contributed by atoms with van der Waals surface area (Å²) in [6.45, 7) is 7.69. The minimum Gasteiger partial charge on any atom is -0.465 e. The molecule has 5 atom stereocenters. The second-order valence-corrected chi connectivity index (χ2v) is 11.1. The molecule has 1 aromatic rings. The minimum atomic E-state index is -0.822. The Hall–Kier alpha value is -2.29. The van der Waals surface area contributed by atoms with Crippen molar-refractivity contribution >= 4 is 46.8 Å². The van der Waals surface area contributed by atoms with E-state index >= 15 is 0 Å². The van der Waals surface area contributed by atoms with Crippen LogP contribution in [0.5, 0.6) is 0 Å². The molecule has 3 aliphatic rings. The van der Waals surface area contributed by atoms with Crippen LogP contribution in [0, 0.1) is 11.8 Å². The lowest BCUT2D eigenvalue weighted by molar-refractivity contribution is -0.154. The highest BCUT2D eigenvalue weighted by molar-refractivity contribution is 8.02. The number of thioether (sulfide) groups is 1. The third kappa shape index (κ3) is 4.41. The molecule has 2 amide bonds. The van der Waals surface area contributed by atoms with E-state index in [9.17, 15) is 19.5 Å². The molecule has 2 bridgehead atoms. The minimum absolute atomic E-state index is 0.0181. The SMILES string of the molecule is C=CCCCOC(=O)[C@@H]1[C@H]2C(=O)N(CCO)C(C(=O)N(CC=C)c3ccccc3Cl)C23CC[C@H]1S3. The first kappa shape index (κ1) is 25.8. The predicted molar refractivity (Wildman–Crippen MR) is 137 cm³/mol. The highest BCUT2D eigenvalue weighted by Gasteiger charge is 2.74. The zero-order chi connectivity index (χ0) is 25.2. The van der Waals surface area contributed by atoms with Gasteiger partial charge in [0.2, 0.25) is 5.91 Å². The number of fused-ring (bicyclic) bond motifs is 1. The van der Waals surface area contributed by atoms with Crippen LogP contribution in [-0.4, -0.2) is 70.1 Å². The van der Waals surface area contributed by atoms with Gasteiger partial charge in [-0.1, -0.05) is 35.9 Å². The van der Waals surface area contributed by atoms with Gasteiger partial charge in [-0.3, -0.25) is 14.4 Å². The van der Waals surface area contributed by atoms with Gasteiger partial charge in [-0.25, -0.2) is 0 Å². The number of β-amino-alcohol motifs (C(OH)–C–C–N with tert-alkyl or cyclic N) is 1. The van der Waals surface area contributed by atoms with Crippen molar-refractivity contribution in [1.82, 2.24) is 4.90 Å². The number of amides is 2. The Morgan fingerprint density at radius 3 is 2.77 bits per heavy atom. The zero-order valence-corrected chi connectivity index (χ0v) is 21.2. The number of halogens is 1. The highest BCUT2D eigenvalue weighted by atomic mass is 35.5. The summed E-state index contributed by atoms with van der Waals surface area (Å²) in [5, 5.41) is 10.1. The van der Waals surface area contributed by atoms with Gasteiger partial charge in [-0.15, -0.1) is 24.9 Å². The average Bonchev–Trinajstić information content (AvgIpc) is 3.48. The van der Waals surface area contributed by atoms with Crippen LogP contribution in [0.3, 0.4) is 0 Å². The quantitative estimate of drug-likeness (QED) is 0.274.